The number of fused-ring (bicyclic) bond motifs is 1. The molecule has 208 valence electrons. The van der Waals surface area contributed by atoms with Crippen LogP contribution < -0.4 is 19.9 Å². The van der Waals surface area contributed by atoms with Crippen molar-refractivity contribution in [2.75, 3.05) is 55.9 Å². The second-order valence-electron chi connectivity index (χ2n) is 11.1. The van der Waals surface area contributed by atoms with Gasteiger partial charge in [-0.1, -0.05) is 13.8 Å². The van der Waals surface area contributed by atoms with Gasteiger partial charge in [-0.25, -0.2) is 4.98 Å². The van der Waals surface area contributed by atoms with Crippen molar-refractivity contribution < 1.29 is 9.66 Å². The third-order valence-electron chi connectivity index (χ3n) is 6.59. The number of nitro benzene ring substituents is 1. The Labute approximate surface area is 230 Å². The van der Waals surface area contributed by atoms with E-state index in [-0.39, 0.29) is 22.1 Å². The number of aromatic nitrogens is 3. The van der Waals surface area contributed by atoms with Crippen LogP contribution in [-0.2, 0) is 5.41 Å². The largest absolute Gasteiger partial charge is 0.489 e. The Kier molecular flexibility index (Phi) is 7.91. The van der Waals surface area contributed by atoms with Crippen molar-refractivity contribution >= 4 is 34.5 Å². The lowest BCUT2D eigenvalue weighted by Crippen LogP contribution is -2.29. The van der Waals surface area contributed by atoms with E-state index < -0.39 is 0 Å². The number of nitro groups is 1. The molecule has 11 heteroatoms. The molecule has 0 unspecified atom stereocenters. The van der Waals surface area contributed by atoms with Gasteiger partial charge >= 0.3 is 0 Å². The molecule has 2 aromatic heterocycles. The minimum Gasteiger partial charge on any atom is -0.489 e. The van der Waals surface area contributed by atoms with E-state index in [4.69, 9.17) is 14.7 Å². The maximum absolute atomic E-state index is 12.1. The summed E-state index contributed by atoms with van der Waals surface area (Å²) in [6, 6.07) is 9.14. The van der Waals surface area contributed by atoms with Crippen LogP contribution in [-0.4, -0.2) is 71.7 Å². The summed E-state index contributed by atoms with van der Waals surface area (Å²) in [5.74, 6) is 1.52. The van der Waals surface area contributed by atoms with Gasteiger partial charge in [0.15, 0.2) is 0 Å². The summed E-state index contributed by atoms with van der Waals surface area (Å²) in [6.07, 6.45) is 1.54. The molecule has 0 saturated heterocycles. The van der Waals surface area contributed by atoms with Crippen LogP contribution in [0, 0.1) is 17.0 Å². The van der Waals surface area contributed by atoms with Crippen molar-refractivity contribution in [3.05, 3.63) is 58.0 Å². The van der Waals surface area contributed by atoms with E-state index in [1.807, 2.05) is 63.8 Å². The Bertz CT molecular complexity index is 1360. The van der Waals surface area contributed by atoms with Gasteiger partial charge in [-0.05, 0) is 53.1 Å². The van der Waals surface area contributed by atoms with Crippen LogP contribution in [0.25, 0.3) is 0 Å². The number of pyridine rings is 1. The van der Waals surface area contributed by atoms with Gasteiger partial charge in [0.25, 0.3) is 5.69 Å². The average molecular weight is 535 g/mol. The van der Waals surface area contributed by atoms with Crippen molar-refractivity contribution in [3.63, 3.8) is 0 Å². The number of hydrogen-bond donors (Lipinski definition) is 1. The van der Waals surface area contributed by atoms with E-state index in [0.717, 1.165) is 30.2 Å². The number of nitrogens with one attached hydrogen (secondary N) is 1. The second kappa shape index (κ2) is 11.0. The zero-order valence-corrected chi connectivity index (χ0v) is 24.0. The lowest BCUT2D eigenvalue weighted by Gasteiger charge is -2.24. The highest BCUT2D eigenvalue weighted by atomic mass is 16.6. The van der Waals surface area contributed by atoms with Gasteiger partial charge in [0.05, 0.1) is 28.1 Å². The summed E-state index contributed by atoms with van der Waals surface area (Å²) in [4.78, 5) is 31.7. The molecular formula is C28H38N8O3. The van der Waals surface area contributed by atoms with Crippen LogP contribution in [0.4, 0.5) is 34.5 Å². The van der Waals surface area contributed by atoms with Crippen molar-refractivity contribution in [1.82, 2.24) is 19.9 Å². The topological polar surface area (TPSA) is 113 Å². The summed E-state index contributed by atoms with van der Waals surface area (Å²) in [5.41, 5.74) is 3.76. The lowest BCUT2D eigenvalue weighted by atomic mass is 9.91. The molecule has 1 aromatic carbocycles. The predicted molar refractivity (Wildman–Crippen MR) is 155 cm³/mol. The SMILES string of the molecule is Cc1ccc2c(n1)C(C)(C)CN2c1ccnc(Nc2cc([N+](=O)[O-])c(N(C)CCN(C)C)cc2OC(C)C)n1. The highest BCUT2D eigenvalue weighted by Gasteiger charge is 2.38. The van der Waals surface area contributed by atoms with E-state index in [1.54, 1.807) is 12.3 Å². The Hall–Kier alpha value is -3.99. The Morgan fingerprint density at radius 3 is 2.56 bits per heavy atom. The molecule has 0 saturated carbocycles. The normalized spacial score (nSPS) is 14.1. The number of ether oxygens (including phenoxy) is 1. The maximum Gasteiger partial charge on any atom is 0.294 e. The Morgan fingerprint density at radius 1 is 1.15 bits per heavy atom. The van der Waals surface area contributed by atoms with E-state index in [9.17, 15) is 10.1 Å². The van der Waals surface area contributed by atoms with Crippen LogP contribution >= 0.6 is 0 Å². The van der Waals surface area contributed by atoms with Crippen molar-refractivity contribution in [2.45, 2.75) is 46.1 Å². The molecule has 0 fully saturated rings. The summed E-state index contributed by atoms with van der Waals surface area (Å²) >= 11 is 0. The van der Waals surface area contributed by atoms with E-state index in [2.05, 4.69) is 35.1 Å². The van der Waals surface area contributed by atoms with Crippen LogP contribution in [0.1, 0.15) is 39.1 Å². The van der Waals surface area contributed by atoms with Gasteiger partial charge in [0.1, 0.15) is 17.3 Å². The molecule has 39 heavy (non-hydrogen) atoms. The first kappa shape index (κ1) is 28.0. The zero-order chi connectivity index (χ0) is 28.5. The van der Waals surface area contributed by atoms with Gasteiger partial charge in [0.2, 0.25) is 5.95 Å². The number of rotatable bonds is 10. The number of likely N-dealkylation sites (N-methyl/N-ethyl adjacent to an activating group) is 2. The number of aryl methyl sites for hydroxylation is 1. The number of hydrogen-bond acceptors (Lipinski definition) is 10. The van der Waals surface area contributed by atoms with E-state index in [0.29, 0.717) is 35.4 Å². The smallest absolute Gasteiger partial charge is 0.294 e. The lowest BCUT2D eigenvalue weighted by molar-refractivity contribution is -0.384. The first-order chi connectivity index (χ1) is 18.4. The molecule has 0 bridgehead atoms. The minimum absolute atomic E-state index is 0.0253. The molecule has 1 aliphatic rings. The zero-order valence-electron chi connectivity index (χ0n) is 24.0. The fraction of sp³-hybridized carbons (Fsp3) is 0.464. The van der Waals surface area contributed by atoms with Crippen molar-refractivity contribution in [2.24, 2.45) is 0 Å². The molecule has 1 N–H and O–H groups in total. The molecule has 1 aliphatic heterocycles. The van der Waals surface area contributed by atoms with Gasteiger partial charge in [-0.15, -0.1) is 0 Å². The summed E-state index contributed by atoms with van der Waals surface area (Å²) in [5, 5.41) is 15.3. The predicted octanol–water partition coefficient (Wildman–Crippen LogP) is 5.05. The molecule has 11 nitrogen and oxygen atoms in total. The van der Waals surface area contributed by atoms with Gasteiger partial charge < -0.3 is 24.8 Å². The maximum atomic E-state index is 12.1. The summed E-state index contributed by atoms with van der Waals surface area (Å²) in [7, 11) is 5.78. The third kappa shape index (κ3) is 6.19. The van der Waals surface area contributed by atoms with Crippen molar-refractivity contribution in [3.8, 4) is 5.75 Å². The minimum atomic E-state index is -0.374. The number of nitrogens with zero attached hydrogens (tertiary/aromatic N) is 7. The fourth-order valence-electron chi connectivity index (χ4n) is 4.63. The molecule has 0 spiro atoms. The summed E-state index contributed by atoms with van der Waals surface area (Å²) in [6.45, 7) is 12.3. The molecular weight excluding hydrogens is 496 g/mol. The molecule has 4 rings (SSSR count). The van der Waals surface area contributed by atoms with E-state index in [1.165, 1.54) is 6.07 Å². The van der Waals surface area contributed by atoms with Crippen LogP contribution in [0.5, 0.6) is 5.75 Å². The van der Waals surface area contributed by atoms with Gasteiger partial charge in [0, 0.05) is 56.1 Å². The Balaban J connectivity index is 1.70. The molecule has 0 amide bonds. The monoisotopic (exact) mass is 534 g/mol. The molecule has 3 aromatic rings. The Morgan fingerprint density at radius 2 is 1.90 bits per heavy atom. The standard InChI is InChI=1S/C28H38N8O3/c1-18(2)39-24-16-22(34(8)14-13-33(6)7)23(36(37)38)15-20(24)31-27-29-12-11-25(32-27)35-17-28(4,5)26-21(35)10-9-19(3)30-26/h9-12,15-16,18H,13-14,17H2,1-8H3,(H,29,31,32). The van der Waals surface area contributed by atoms with Crippen molar-refractivity contribution in [1.29, 1.82) is 0 Å². The molecule has 3 heterocycles. The quantitative estimate of drug-likeness (QED) is 0.280. The van der Waals surface area contributed by atoms with Crippen LogP contribution in [0.3, 0.4) is 0 Å². The fourth-order valence-corrected chi connectivity index (χ4v) is 4.63. The third-order valence-corrected chi connectivity index (χ3v) is 6.59. The van der Waals surface area contributed by atoms with E-state index >= 15 is 0 Å². The first-order valence-corrected chi connectivity index (χ1v) is 13.1. The number of benzene rings is 1. The van der Waals surface area contributed by atoms with Crippen LogP contribution in [0.15, 0.2) is 36.5 Å². The van der Waals surface area contributed by atoms with Gasteiger partial charge in [-0.3, -0.25) is 15.1 Å². The van der Waals surface area contributed by atoms with Crippen LogP contribution in [0.2, 0.25) is 0 Å². The average Bonchev–Trinajstić information content (AvgIpc) is 3.13. The number of anilines is 5. The van der Waals surface area contributed by atoms with Gasteiger partial charge in [-0.2, -0.15) is 4.98 Å². The first-order valence-electron chi connectivity index (χ1n) is 13.1. The summed E-state index contributed by atoms with van der Waals surface area (Å²) < 4.78 is 6.09. The second-order valence-corrected chi connectivity index (χ2v) is 11.1. The molecule has 0 aliphatic carbocycles. The highest BCUT2D eigenvalue weighted by molar-refractivity contribution is 5.77. The highest BCUT2D eigenvalue weighted by Crippen LogP contribution is 2.43. The molecule has 0 radical (unpaired) electrons. The molecule has 0 atom stereocenters.